The number of hydrogen-bond acceptors (Lipinski definition) is 3. The van der Waals surface area contributed by atoms with E-state index in [0.29, 0.717) is 18.8 Å². The van der Waals surface area contributed by atoms with Gasteiger partial charge < -0.3 is 5.11 Å². The normalized spacial score (nSPS) is 21.3. The van der Waals surface area contributed by atoms with Crippen LogP contribution in [0.2, 0.25) is 0 Å². The van der Waals surface area contributed by atoms with E-state index >= 15 is 0 Å². The number of hydrogen-bond donors (Lipinski definition) is 2. The second-order valence-corrected chi connectivity index (χ2v) is 5.65. The Morgan fingerprint density at radius 1 is 1.59 bits per heavy atom. The summed E-state index contributed by atoms with van der Waals surface area (Å²) in [4.78, 5) is 13.4. The molecular formula is C12H19N3O2. The van der Waals surface area contributed by atoms with Crippen LogP contribution in [0.1, 0.15) is 32.9 Å². The minimum Gasteiger partial charge on any atom is -0.396 e. The summed E-state index contributed by atoms with van der Waals surface area (Å²) >= 11 is 0. The van der Waals surface area contributed by atoms with E-state index in [-0.39, 0.29) is 23.8 Å². The molecule has 5 nitrogen and oxygen atoms in total. The second-order valence-electron chi connectivity index (χ2n) is 5.65. The lowest BCUT2D eigenvalue weighted by atomic mass is 9.92. The number of aromatic nitrogens is 2. The zero-order valence-electron chi connectivity index (χ0n) is 10.5. The molecule has 1 amide bonds. The third-order valence-corrected chi connectivity index (χ3v) is 3.11. The molecule has 1 aromatic rings. The van der Waals surface area contributed by atoms with E-state index in [4.69, 9.17) is 5.11 Å². The van der Waals surface area contributed by atoms with E-state index in [1.165, 1.54) is 0 Å². The van der Waals surface area contributed by atoms with Gasteiger partial charge in [-0.05, 0) is 0 Å². The highest BCUT2D eigenvalue weighted by atomic mass is 16.3. The average Bonchev–Trinajstić information content (AvgIpc) is 2.82. The lowest BCUT2D eigenvalue weighted by molar-refractivity contribution is -0.117. The van der Waals surface area contributed by atoms with Gasteiger partial charge in [-0.25, -0.2) is 0 Å². The molecule has 2 heterocycles. The third kappa shape index (κ3) is 2.34. The highest BCUT2D eigenvalue weighted by Gasteiger charge is 2.32. The molecule has 1 unspecified atom stereocenters. The first-order valence-electron chi connectivity index (χ1n) is 5.89. The maximum absolute atomic E-state index is 11.8. The fourth-order valence-electron chi connectivity index (χ4n) is 1.96. The maximum Gasteiger partial charge on any atom is 0.228 e. The van der Waals surface area contributed by atoms with Gasteiger partial charge in [-0.15, -0.1) is 0 Å². The summed E-state index contributed by atoms with van der Waals surface area (Å²) in [5.41, 5.74) is 0.998. The highest BCUT2D eigenvalue weighted by Crippen LogP contribution is 2.27. The van der Waals surface area contributed by atoms with Crippen LogP contribution in [0.15, 0.2) is 6.07 Å². The van der Waals surface area contributed by atoms with E-state index in [9.17, 15) is 4.79 Å². The number of nitrogens with zero attached hydrogens (tertiary/aromatic N) is 2. The summed E-state index contributed by atoms with van der Waals surface area (Å²) in [7, 11) is 0. The number of aliphatic hydroxyl groups excluding tert-OH is 1. The number of rotatable bonds is 2. The van der Waals surface area contributed by atoms with Crippen LogP contribution in [0.3, 0.4) is 0 Å². The molecule has 0 bridgehead atoms. The number of aromatic amines is 1. The number of amides is 1. The molecule has 1 aliphatic rings. The highest BCUT2D eigenvalue weighted by molar-refractivity contribution is 5.94. The first kappa shape index (κ1) is 12.1. The largest absolute Gasteiger partial charge is 0.396 e. The Hall–Kier alpha value is -1.36. The smallest absolute Gasteiger partial charge is 0.228 e. The molecule has 0 aliphatic carbocycles. The van der Waals surface area contributed by atoms with Gasteiger partial charge in [0.15, 0.2) is 5.82 Å². The van der Waals surface area contributed by atoms with E-state index in [0.717, 1.165) is 5.69 Å². The molecule has 2 N–H and O–H groups in total. The van der Waals surface area contributed by atoms with Crippen molar-refractivity contribution < 1.29 is 9.90 Å². The lowest BCUT2D eigenvalue weighted by Gasteiger charge is -2.15. The number of carbonyl (C=O) groups excluding carboxylic acids is 1. The van der Waals surface area contributed by atoms with Crippen LogP contribution in [0.25, 0.3) is 0 Å². The number of anilines is 1. The summed E-state index contributed by atoms with van der Waals surface area (Å²) in [6, 6.07) is 1.91. The Morgan fingerprint density at radius 2 is 2.29 bits per heavy atom. The van der Waals surface area contributed by atoms with Crippen LogP contribution in [-0.2, 0) is 10.2 Å². The van der Waals surface area contributed by atoms with E-state index in [2.05, 4.69) is 31.0 Å². The van der Waals surface area contributed by atoms with Crippen LogP contribution in [0.4, 0.5) is 5.82 Å². The molecule has 0 aromatic carbocycles. The molecule has 0 spiro atoms. The van der Waals surface area contributed by atoms with Crippen molar-refractivity contribution in [2.75, 3.05) is 18.1 Å². The number of nitrogens with one attached hydrogen (secondary N) is 1. The first-order valence-corrected chi connectivity index (χ1v) is 5.89. The molecule has 94 valence electrons. The van der Waals surface area contributed by atoms with Gasteiger partial charge in [-0.3, -0.25) is 14.8 Å². The van der Waals surface area contributed by atoms with Crippen molar-refractivity contribution in [1.82, 2.24) is 10.2 Å². The Morgan fingerprint density at radius 3 is 2.76 bits per heavy atom. The lowest BCUT2D eigenvalue weighted by Crippen LogP contribution is -2.25. The standard InChI is InChI=1S/C12H19N3O2/c1-12(2,3)9-5-10(14-13-9)15-6-8(7-16)4-11(15)17/h5,8,16H,4,6-7H2,1-3H3,(H,13,14). The van der Waals surface area contributed by atoms with Crippen molar-refractivity contribution in [3.8, 4) is 0 Å². The molecule has 1 aliphatic heterocycles. The molecule has 1 atom stereocenters. The predicted octanol–water partition coefficient (Wildman–Crippen LogP) is 1.05. The van der Waals surface area contributed by atoms with Gasteiger partial charge in [-0.1, -0.05) is 20.8 Å². The summed E-state index contributed by atoms with van der Waals surface area (Å²) in [5, 5.41) is 16.2. The van der Waals surface area contributed by atoms with Gasteiger partial charge in [-0.2, -0.15) is 5.10 Å². The molecule has 1 saturated heterocycles. The number of H-pyrrole nitrogens is 1. The van der Waals surface area contributed by atoms with E-state index in [1.54, 1.807) is 4.90 Å². The molecule has 0 saturated carbocycles. The first-order chi connectivity index (χ1) is 7.91. The van der Waals surface area contributed by atoms with Crippen molar-refractivity contribution in [2.45, 2.75) is 32.6 Å². The van der Waals surface area contributed by atoms with E-state index in [1.807, 2.05) is 6.07 Å². The Bertz CT molecular complexity index is 420. The fourth-order valence-corrected chi connectivity index (χ4v) is 1.96. The third-order valence-electron chi connectivity index (χ3n) is 3.11. The number of carbonyl (C=O) groups is 1. The SMILES string of the molecule is CC(C)(C)c1cc(N2CC(CO)CC2=O)n[nH]1. The van der Waals surface area contributed by atoms with Gasteiger partial charge in [0.2, 0.25) is 5.91 Å². The zero-order valence-corrected chi connectivity index (χ0v) is 10.5. The quantitative estimate of drug-likeness (QED) is 0.808. The molecular weight excluding hydrogens is 218 g/mol. The van der Waals surface area contributed by atoms with E-state index < -0.39 is 0 Å². The van der Waals surface area contributed by atoms with Crippen molar-refractivity contribution >= 4 is 11.7 Å². The fraction of sp³-hybridized carbons (Fsp3) is 0.667. The Balaban J connectivity index is 2.19. The van der Waals surface area contributed by atoms with Crippen LogP contribution in [0.5, 0.6) is 0 Å². The van der Waals surface area contributed by atoms with Crippen molar-refractivity contribution in [3.63, 3.8) is 0 Å². The predicted molar refractivity (Wildman–Crippen MR) is 64.8 cm³/mol. The summed E-state index contributed by atoms with van der Waals surface area (Å²) < 4.78 is 0. The molecule has 17 heavy (non-hydrogen) atoms. The van der Waals surface area contributed by atoms with Crippen molar-refractivity contribution in [2.24, 2.45) is 5.92 Å². The average molecular weight is 237 g/mol. The zero-order chi connectivity index (χ0) is 12.6. The van der Waals surface area contributed by atoms with Gasteiger partial charge >= 0.3 is 0 Å². The minimum atomic E-state index is -0.00952. The van der Waals surface area contributed by atoms with Gasteiger partial charge in [0, 0.05) is 42.7 Å². The molecule has 2 rings (SSSR count). The van der Waals surface area contributed by atoms with Gasteiger partial charge in [0.05, 0.1) is 0 Å². The van der Waals surface area contributed by atoms with Crippen LogP contribution < -0.4 is 4.90 Å². The summed E-state index contributed by atoms with van der Waals surface area (Å²) in [5.74, 6) is 0.740. The minimum absolute atomic E-state index is 0.00952. The van der Waals surface area contributed by atoms with Gasteiger partial charge in [0.1, 0.15) is 0 Å². The molecule has 5 heteroatoms. The Kier molecular flexibility index (Phi) is 2.95. The molecule has 1 fully saturated rings. The number of aliphatic hydroxyl groups is 1. The van der Waals surface area contributed by atoms with Crippen molar-refractivity contribution in [1.29, 1.82) is 0 Å². The molecule has 0 radical (unpaired) electrons. The van der Waals surface area contributed by atoms with Crippen LogP contribution in [-0.4, -0.2) is 34.4 Å². The summed E-state index contributed by atoms with van der Waals surface area (Å²) in [6.45, 7) is 6.88. The second kappa shape index (κ2) is 4.14. The van der Waals surface area contributed by atoms with Crippen LogP contribution >= 0.6 is 0 Å². The summed E-state index contributed by atoms with van der Waals surface area (Å²) in [6.07, 6.45) is 0.411. The van der Waals surface area contributed by atoms with Gasteiger partial charge in [0.25, 0.3) is 0 Å². The topological polar surface area (TPSA) is 69.2 Å². The molecule has 1 aromatic heterocycles. The van der Waals surface area contributed by atoms with Crippen LogP contribution in [0, 0.1) is 5.92 Å². The maximum atomic E-state index is 11.8. The van der Waals surface area contributed by atoms with Crippen molar-refractivity contribution in [3.05, 3.63) is 11.8 Å². The monoisotopic (exact) mass is 237 g/mol. The Labute approximate surface area is 101 Å².